The molecule has 3 aromatic carbocycles. The molecule has 0 spiro atoms. The van der Waals surface area contributed by atoms with E-state index in [0.29, 0.717) is 5.82 Å². The van der Waals surface area contributed by atoms with Crippen LogP contribution in [0.4, 0.5) is 17.2 Å². The fraction of sp³-hybridized carbons (Fsp3) is 0.120. The number of anilines is 3. The van der Waals surface area contributed by atoms with Gasteiger partial charge in [0.05, 0.1) is 5.52 Å². The predicted molar refractivity (Wildman–Crippen MR) is 126 cm³/mol. The van der Waals surface area contributed by atoms with Crippen molar-refractivity contribution in [1.29, 1.82) is 0 Å². The quantitative estimate of drug-likeness (QED) is 0.432. The molecule has 2 aromatic heterocycles. The number of aromatic nitrogens is 3. The molecule has 0 saturated heterocycles. The second-order valence-electron chi connectivity index (χ2n) is 7.68. The van der Waals surface area contributed by atoms with E-state index in [1.54, 1.807) is 0 Å². The molecule has 148 valence electrons. The van der Waals surface area contributed by atoms with Crippen LogP contribution in [0.1, 0.15) is 0 Å². The Kier molecular flexibility index (Phi) is 4.36. The van der Waals surface area contributed by atoms with Gasteiger partial charge >= 0.3 is 0 Å². The Morgan fingerprint density at radius 2 is 1.67 bits per heavy atom. The Bertz CT molecular complexity index is 1350. The first-order chi connectivity index (χ1) is 14.6. The molecule has 0 radical (unpaired) electrons. The third-order valence-corrected chi connectivity index (χ3v) is 5.39. The molecule has 5 heteroatoms. The third-order valence-electron chi connectivity index (χ3n) is 5.39. The van der Waals surface area contributed by atoms with Gasteiger partial charge in [-0.2, -0.15) is 0 Å². The number of benzene rings is 3. The second kappa shape index (κ2) is 7.19. The summed E-state index contributed by atoms with van der Waals surface area (Å²) in [6.07, 6.45) is 2.07. The van der Waals surface area contributed by atoms with Crippen molar-refractivity contribution in [3.8, 4) is 11.4 Å². The minimum Gasteiger partial charge on any atom is -0.378 e. The van der Waals surface area contributed by atoms with Crippen molar-refractivity contribution in [1.82, 2.24) is 14.5 Å². The molecule has 0 unspecified atom stereocenters. The maximum Gasteiger partial charge on any atom is 0.162 e. The van der Waals surface area contributed by atoms with E-state index < -0.39 is 0 Å². The molecule has 0 saturated carbocycles. The van der Waals surface area contributed by atoms with Gasteiger partial charge in [0.25, 0.3) is 0 Å². The van der Waals surface area contributed by atoms with E-state index in [9.17, 15) is 0 Å². The van der Waals surface area contributed by atoms with E-state index in [0.717, 1.165) is 33.7 Å². The lowest BCUT2D eigenvalue weighted by Crippen LogP contribution is -2.08. The van der Waals surface area contributed by atoms with Gasteiger partial charge < -0.3 is 14.8 Å². The smallest absolute Gasteiger partial charge is 0.162 e. The summed E-state index contributed by atoms with van der Waals surface area (Å²) in [4.78, 5) is 11.8. The molecule has 30 heavy (non-hydrogen) atoms. The second-order valence-corrected chi connectivity index (χ2v) is 7.68. The van der Waals surface area contributed by atoms with Gasteiger partial charge in [0, 0.05) is 60.6 Å². The predicted octanol–water partition coefficient (Wildman–Crippen LogP) is 5.60. The third kappa shape index (κ3) is 3.24. The first kappa shape index (κ1) is 18.2. The lowest BCUT2D eigenvalue weighted by Gasteiger charge is -2.14. The zero-order chi connectivity index (χ0) is 20.7. The van der Waals surface area contributed by atoms with Crippen molar-refractivity contribution < 1.29 is 0 Å². The fourth-order valence-electron chi connectivity index (χ4n) is 3.70. The van der Waals surface area contributed by atoms with Gasteiger partial charge in [-0.25, -0.2) is 9.97 Å². The van der Waals surface area contributed by atoms with Crippen LogP contribution in [0.15, 0.2) is 79.0 Å². The molecule has 1 N–H and O–H groups in total. The van der Waals surface area contributed by atoms with Gasteiger partial charge in [0.1, 0.15) is 5.82 Å². The van der Waals surface area contributed by atoms with Crippen LogP contribution in [0, 0.1) is 0 Å². The van der Waals surface area contributed by atoms with Gasteiger partial charge in [-0.1, -0.05) is 12.1 Å². The Morgan fingerprint density at radius 1 is 0.867 bits per heavy atom. The van der Waals surface area contributed by atoms with Gasteiger partial charge in [-0.05, 0) is 60.7 Å². The molecular weight excluding hydrogens is 370 g/mol. The maximum absolute atomic E-state index is 4.90. The van der Waals surface area contributed by atoms with Crippen LogP contribution >= 0.6 is 0 Å². The van der Waals surface area contributed by atoms with Crippen molar-refractivity contribution in [2.45, 2.75) is 0 Å². The number of nitrogens with zero attached hydrogens (tertiary/aromatic N) is 4. The molecular formula is C25H23N5. The summed E-state index contributed by atoms with van der Waals surface area (Å²) >= 11 is 0. The topological polar surface area (TPSA) is 46.0 Å². The zero-order valence-corrected chi connectivity index (χ0v) is 17.3. The SMILES string of the molecule is CN(C)c1ccc(Nc2nc(-c3ccc4c(ccn4C)c3)nc3ccccc23)cc1. The first-order valence-electron chi connectivity index (χ1n) is 9.95. The molecule has 5 aromatic rings. The number of hydrogen-bond acceptors (Lipinski definition) is 4. The number of rotatable bonds is 4. The van der Waals surface area contributed by atoms with Gasteiger partial charge in [0.15, 0.2) is 5.82 Å². The van der Waals surface area contributed by atoms with Crippen molar-refractivity contribution in [2.24, 2.45) is 7.05 Å². The number of aryl methyl sites for hydroxylation is 1. The van der Waals surface area contributed by atoms with E-state index in [4.69, 9.17) is 9.97 Å². The zero-order valence-electron chi connectivity index (χ0n) is 17.3. The number of para-hydroxylation sites is 1. The summed E-state index contributed by atoms with van der Waals surface area (Å²) in [7, 11) is 6.13. The minimum atomic E-state index is 0.715. The normalized spacial score (nSPS) is 11.2. The van der Waals surface area contributed by atoms with E-state index in [-0.39, 0.29) is 0 Å². The van der Waals surface area contributed by atoms with Crippen molar-refractivity contribution in [3.05, 3.63) is 79.0 Å². The van der Waals surface area contributed by atoms with Crippen LogP contribution in [0.2, 0.25) is 0 Å². The summed E-state index contributed by atoms with van der Waals surface area (Å²) in [6.45, 7) is 0. The van der Waals surface area contributed by atoms with Crippen LogP contribution in [-0.4, -0.2) is 28.6 Å². The van der Waals surface area contributed by atoms with Gasteiger partial charge in [-0.3, -0.25) is 0 Å². The molecule has 0 amide bonds. The van der Waals surface area contributed by atoms with Crippen LogP contribution in [0.5, 0.6) is 0 Å². The lowest BCUT2D eigenvalue weighted by atomic mass is 10.1. The molecule has 0 aliphatic heterocycles. The van der Waals surface area contributed by atoms with E-state index >= 15 is 0 Å². The molecule has 0 fully saturated rings. The average Bonchev–Trinajstić information content (AvgIpc) is 3.14. The van der Waals surface area contributed by atoms with Gasteiger partial charge in [-0.15, -0.1) is 0 Å². The molecule has 2 heterocycles. The molecule has 0 aliphatic rings. The van der Waals surface area contributed by atoms with Crippen LogP contribution in [-0.2, 0) is 7.05 Å². The lowest BCUT2D eigenvalue weighted by molar-refractivity contribution is 0.969. The molecule has 0 aliphatic carbocycles. The highest BCUT2D eigenvalue weighted by Gasteiger charge is 2.11. The highest BCUT2D eigenvalue weighted by Crippen LogP contribution is 2.29. The maximum atomic E-state index is 4.90. The standard InChI is InChI=1S/C25H23N5/c1-29(2)20-11-9-19(10-12-20)26-25-21-6-4-5-7-22(21)27-24(28-25)18-8-13-23-17(16-18)14-15-30(23)3/h4-16H,1-3H3,(H,26,27,28). The highest BCUT2D eigenvalue weighted by molar-refractivity contribution is 5.93. The van der Waals surface area contributed by atoms with Crippen molar-refractivity contribution in [2.75, 3.05) is 24.3 Å². The monoisotopic (exact) mass is 393 g/mol. The van der Waals surface area contributed by atoms with E-state index in [2.05, 4.69) is 82.6 Å². The van der Waals surface area contributed by atoms with E-state index in [1.807, 2.05) is 32.3 Å². The van der Waals surface area contributed by atoms with Gasteiger partial charge in [0.2, 0.25) is 0 Å². The fourth-order valence-corrected chi connectivity index (χ4v) is 3.70. The molecule has 0 atom stereocenters. The Morgan fingerprint density at radius 3 is 2.47 bits per heavy atom. The Labute approximate surface area is 175 Å². The average molecular weight is 393 g/mol. The molecule has 0 bridgehead atoms. The molecule has 5 rings (SSSR count). The summed E-state index contributed by atoms with van der Waals surface area (Å²) < 4.78 is 2.12. The summed E-state index contributed by atoms with van der Waals surface area (Å²) in [5, 5.41) is 5.67. The number of nitrogens with one attached hydrogen (secondary N) is 1. The Balaban J connectivity index is 1.60. The minimum absolute atomic E-state index is 0.715. The van der Waals surface area contributed by atoms with Crippen molar-refractivity contribution in [3.63, 3.8) is 0 Å². The summed E-state index contributed by atoms with van der Waals surface area (Å²) in [6, 6.07) is 24.9. The summed E-state index contributed by atoms with van der Waals surface area (Å²) in [5.74, 6) is 1.52. The molecule has 5 nitrogen and oxygen atoms in total. The van der Waals surface area contributed by atoms with Crippen LogP contribution < -0.4 is 10.2 Å². The van der Waals surface area contributed by atoms with E-state index in [1.165, 1.54) is 10.9 Å². The summed E-state index contributed by atoms with van der Waals surface area (Å²) in [5.41, 5.74) is 5.27. The Hall–Kier alpha value is -3.86. The van der Waals surface area contributed by atoms with Crippen LogP contribution in [0.3, 0.4) is 0 Å². The number of fused-ring (bicyclic) bond motifs is 2. The largest absolute Gasteiger partial charge is 0.378 e. The number of hydrogen-bond donors (Lipinski definition) is 1. The highest BCUT2D eigenvalue weighted by atomic mass is 15.1. The van der Waals surface area contributed by atoms with Crippen molar-refractivity contribution >= 4 is 39.0 Å². The first-order valence-corrected chi connectivity index (χ1v) is 9.95. The van der Waals surface area contributed by atoms with Crippen LogP contribution in [0.25, 0.3) is 33.2 Å².